The van der Waals surface area contributed by atoms with Gasteiger partial charge < -0.3 is 24.3 Å². The van der Waals surface area contributed by atoms with Crippen LogP contribution in [-0.4, -0.2) is 32.5 Å². The Bertz CT molecular complexity index is 774. The maximum absolute atomic E-state index is 12.3. The second-order valence-electron chi connectivity index (χ2n) is 5.55. The van der Waals surface area contributed by atoms with Crippen LogP contribution in [0.5, 0.6) is 23.0 Å². The van der Waals surface area contributed by atoms with Gasteiger partial charge in [-0.15, -0.1) is 0 Å². The fourth-order valence-corrected chi connectivity index (χ4v) is 2.70. The molecule has 2 aromatic carbocycles. The third-order valence-corrected chi connectivity index (χ3v) is 3.94. The van der Waals surface area contributed by atoms with Gasteiger partial charge in [-0.1, -0.05) is 6.07 Å². The number of rotatable bonds is 4. The van der Waals surface area contributed by atoms with Gasteiger partial charge in [0.25, 0.3) is 5.91 Å². The van der Waals surface area contributed by atoms with Gasteiger partial charge in [0.15, 0.2) is 23.0 Å². The fourth-order valence-electron chi connectivity index (χ4n) is 2.70. The minimum Gasteiger partial charge on any atom is -0.486 e. The number of benzene rings is 2. The van der Waals surface area contributed by atoms with E-state index in [1.54, 1.807) is 18.2 Å². The summed E-state index contributed by atoms with van der Waals surface area (Å²) in [6, 6.07) is 11.0. The van der Waals surface area contributed by atoms with Gasteiger partial charge >= 0.3 is 0 Å². The lowest BCUT2D eigenvalue weighted by Crippen LogP contribution is -2.26. The minimum atomic E-state index is -0.132. The Morgan fingerprint density at radius 2 is 1.58 bits per heavy atom. The third-order valence-electron chi connectivity index (χ3n) is 3.94. The lowest BCUT2D eigenvalue weighted by atomic mass is 10.1. The first-order valence-electron chi connectivity index (χ1n) is 7.86. The third kappa shape index (κ3) is 2.95. The average molecular weight is 327 g/mol. The molecule has 0 unspecified atom stereocenters. The molecule has 2 aliphatic heterocycles. The molecule has 4 rings (SSSR count). The van der Waals surface area contributed by atoms with Crippen molar-refractivity contribution in [2.45, 2.75) is 6.42 Å². The van der Waals surface area contributed by atoms with Crippen molar-refractivity contribution < 1.29 is 23.7 Å². The lowest BCUT2D eigenvalue weighted by Gasteiger charge is -2.18. The highest BCUT2D eigenvalue weighted by atomic mass is 16.7. The number of ether oxygens (including phenoxy) is 4. The fraction of sp³-hybridized carbons (Fsp3) is 0.278. The van der Waals surface area contributed by atoms with Gasteiger partial charge in [-0.25, -0.2) is 0 Å². The van der Waals surface area contributed by atoms with E-state index in [-0.39, 0.29) is 12.7 Å². The Morgan fingerprint density at radius 3 is 2.50 bits per heavy atom. The summed E-state index contributed by atoms with van der Waals surface area (Å²) in [4.78, 5) is 12.3. The largest absolute Gasteiger partial charge is 0.486 e. The first-order chi connectivity index (χ1) is 11.8. The Morgan fingerprint density at radius 1 is 0.875 bits per heavy atom. The smallest absolute Gasteiger partial charge is 0.251 e. The molecule has 2 heterocycles. The first kappa shape index (κ1) is 14.7. The summed E-state index contributed by atoms with van der Waals surface area (Å²) in [6.45, 7) is 1.84. The maximum atomic E-state index is 12.3. The first-order valence-corrected chi connectivity index (χ1v) is 7.86. The Hall–Kier alpha value is -2.89. The monoisotopic (exact) mass is 327 g/mol. The van der Waals surface area contributed by atoms with E-state index in [0.717, 1.165) is 17.1 Å². The number of carbonyl (C=O) groups excluding carboxylic acids is 1. The van der Waals surface area contributed by atoms with Crippen molar-refractivity contribution in [1.82, 2.24) is 5.32 Å². The molecule has 124 valence electrons. The molecule has 24 heavy (non-hydrogen) atoms. The summed E-state index contributed by atoms with van der Waals surface area (Å²) < 4.78 is 21.6. The van der Waals surface area contributed by atoms with Gasteiger partial charge in [-0.2, -0.15) is 0 Å². The van der Waals surface area contributed by atoms with Crippen LogP contribution in [0.1, 0.15) is 15.9 Å². The zero-order valence-electron chi connectivity index (χ0n) is 13.0. The standard InChI is InChI=1S/C18H17NO5/c20-18(13-2-4-14-17(10-13)22-8-7-21-14)19-6-5-12-1-3-15-16(9-12)24-11-23-15/h1-4,9-10H,5-8,11H2,(H,19,20). The molecule has 6 heteroatoms. The Labute approximate surface area is 139 Å². The van der Waals surface area contributed by atoms with Crippen LogP contribution >= 0.6 is 0 Å². The average Bonchev–Trinajstić information content (AvgIpc) is 3.09. The van der Waals surface area contributed by atoms with Gasteiger partial charge in [-0.3, -0.25) is 4.79 Å². The van der Waals surface area contributed by atoms with Crippen molar-refractivity contribution in [3.05, 3.63) is 47.5 Å². The normalized spacial score (nSPS) is 14.3. The Balaban J connectivity index is 1.35. The Kier molecular flexibility index (Phi) is 3.86. The minimum absolute atomic E-state index is 0.132. The number of carbonyl (C=O) groups is 1. The lowest BCUT2D eigenvalue weighted by molar-refractivity contribution is 0.0953. The van der Waals surface area contributed by atoms with E-state index < -0.39 is 0 Å². The van der Waals surface area contributed by atoms with E-state index in [1.807, 2.05) is 18.2 Å². The molecule has 0 fully saturated rings. The molecule has 6 nitrogen and oxygen atoms in total. The van der Waals surface area contributed by atoms with Gasteiger partial charge in [0, 0.05) is 12.1 Å². The van der Waals surface area contributed by atoms with Gasteiger partial charge in [0.05, 0.1) is 0 Å². The highest BCUT2D eigenvalue weighted by molar-refractivity contribution is 5.94. The number of hydrogen-bond acceptors (Lipinski definition) is 5. The van der Waals surface area contributed by atoms with Crippen LogP contribution in [0, 0.1) is 0 Å². The van der Waals surface area contributed by atoms with Gasteiger partial charge in [0.2, 0.25) is 6.79 Å². The second-order valence-corrected chi connectivity index (χ2v) is 5.55. The van der Waals surface area contributed by atoms with E-state index in [9.17, 15) is 4.79 Å². The van der Waals surface area contributed by atoms with E-state index in [2.05, 4.69) is 5.32 Å². The van der Waals surface area contributed by atoms with Crippen molar-refractivity contribution in [2.75, 3.05) is 26.6 Å². The summed E-state index contributed by atoms with van der Waals surface area (Å²) in [5.41, 5.74) is 1.65. The predicted octanol–water partition coefficient (Wildman–Crippen LogP) is 2.16. The molecule has 0 saturated heterocycles. The molecule has 1 amide bonds. The van der Waals surface area contributed by atoms with Crippen LogP contribution in [0.25, 0.3) is 0 Å². The zero-order chi connectivity index (χ0) is 16.4. The van der Waals surface area contributed by atoms with Crippen molar-refractivity contribution in [1.29, 1.82) is 0 Å². The topological polar surface area (TPSA) is 66.0 Å². The molecular formula is C18H17NO5. The van der Waals surface area contributed by atoms with E-state index >= 15 is 0 Å². The number of nitrogens with one attached hydrogen (secondary N) is 1. The van der Waals surface area contributed by atoms with Crippen molar-refractivity contribution in [2.24, 2.45) is 0 Å². The summed E-state index contributed by atoms with van der Waals surface area (Å²) in [7, 11) is 0. The van der Waals surface area contributed by atoms with Crippen molar-refractivity contribution in [3.8, 4) is 23.0 Å². The summed E-state index contributed by atoms with van der Waals surface area (Å²) in [5.74, 6) is 2.68. The number of hydrogen-bond donors (Lipinski definition) is 1. The summed E-state index contributed by atoms with van der Waals surface area (Å²) in [6.07, 6.45) is 0.715. The molecule has 0 radical (unpaired) electrons. The molecule has 0 atom stereocenters. The molecule has 2 aromatic rings. The molecule has 2 aliphatic rings. The highest BCUT2D eigenvalue weighted by Gasteiger charge is 2.15. The molecule has 0 bridgehead atoms. The maximum Gasteiger partial charge on any atom is 0.251 e. The summed E-state index contributed by atoms with van der Waals surface area (Å²) in [5, 5.41) is 2.91. The quantitative estimate of drug-likeness (QED) is 0.932. The van der Waals surface area contributed by atoms with Crippen LogP contribution in [0.4, 0.5) is 0 Å². The van der Waals surface area contributed by atoms with Crippen LogP contribution in [0.3, 0.4) is 0 Å². The molecule has 0 aliphatic carbocycles. The number of fused-ring (bicyclic) bond motifs is 2. The van der Waals surface area contributed by atoms with Crippen LogP contribution in [-0.2, 0) is 6.42 Å². The van der Waals surface area contributed by atoms with Gasteiger partial charge in [-0.05, 0) is 42.3 Å². The SMILES string of the molecule is O=C(NCCc1ccc2c(c1)OCO2)c1ccc2c(c1)OCCO2. The highest BCUT2D eigenvalue weighted by Crippen LogP contribution is 2.32. The summed E-state index contributed by atoms with van der Waals surface area (Å²) >= 11 is 0. The van der Waals surface area contributed by atoms with E-state index in [4.69, 9.17) is 18.9 Å². The van der Waals surface area contributed by atoms with Crippen molar-refractivity contribution in [3.63, 3.8) is 0 Å². The predicted molar refractivity (Wildman–Crippen MR) is 86.0 cm³/mol. The zero-order valence-corrected chi connectivity index (χ0v) is 13.0. The van der Waals surface area contributed by atoms with Gasteiger partial charge in [0.1, 0.15) is 13.2 Å². The van der Waals surface area contributed by atoms with E-state index in [0.29, 0.717) is 43.2 Å². The molecule has 0 saturated carbocycles. The second kappa shape index (κ2) is 6.31. The van der Waals surface area contributed by atoms with Crippen LogP contribution in [0.2, 0.25) is 0 Å². The van der Waals surface area contributed by atoms with Crippen molar-refractivity contribution >= 4 is 5.91 Å². The van der Waals surface area contributed by atoms with Crippen LogP contribution < -0.4 is 24.3 Å². The van der Waals surface area contributed by atoms with Crippen LogP contribution in [0.15, 0.2) is 36.4 Å². The van der Waals surface area contributed by atoms with E-state index in [1.165, 1.54) is 0 Å². The molecular weight excluding hydrogens is 310 g/mol. The number of amides is 1. The molecule has 0 spiro atoms. The molecule has 1 N–H and O–H groups in total. The molecule has 0 aromatic heterocycles.